The molecule has 132 valence electrons. The third-order valence-corrected chi connectivity index (χ3v) is 5.02. The van der Waals surface area contributed by atoms with Crippen LogP contribution in [-0.4, -0.2) is 4.89 Å². The Morgan fingerprint density at radius 1 is 0.913 bits per heavy atom. The molecular weight excluding hydrogens is 307 g/mol. The SMILES string of the molecule is CCCCCCCCC(CCCC)(O[PH](=O)O)c1ccccc1. The third-order valence-electron chi connectivity index (χ3n) is 4.45. The van der Waals surface area contributed by atoms with E-state index in [2.05, 4.69) is 13.8 Å². The summed E-state index contributed by atoms with van der Waals surface area (Å²) < 4.78 is 17.1. The van der Waals surface area contributed by atoms with Crippen LogP contribution in [0.25, 0.3) is 0 Å². The van der Waals surface area contributed by atoms with E-state index >= 15 is 0 Å². The van der Waals surface area contributed by atoms with Crippen molar-refractivity contribution in [3.05, 3.63) is 35.9 Å². The standard InChI is InChI=1S/C19H33O3P/c1-3-5-7-8-9-13-17-19(16-6-4-2,22-23(20)21)18-14-11-10-12-15-18/h10-12,14-15,23H,3-9,13,16-17H2,1-2H3,(H,20,21). The van der Waals surface area contributed by atoms with Gasteiger partial charge in [0, 0.05) is 0 Å². The molecule has 0 aromatic heterocycles. The van der Waals surface area contributed by atoms with E-state index in [0.717, 1.165) is 44.1 Å². The Bertz CT molecular complexity index is 436. The van der Waals surface area contributed by atoms with E-state index < -0.39 is 13.9 Å². The summed E-state index contributed by atoms with van der Waals surface area (Å²) in [6.07, 6.45) is 10.9. The molecule has 0 heterocycles. The fraction of sp³-hybridized carbons (Fsp3) is 0.684. The summed E-state index contributed by atoms with van der Waals surface area (Å²) in [5, 5.41) is 0. The molecule has 3 nitrogen and oxygen atoms in total. The van der Waals surface area contributed by atoms with Crippen LogP contribution in [-0.2, 0) is 14.7 Å². The van der Waals surface area contributed by atoms with Crippen LogP contribution in [0, 0.1) is 0 Å². The third kappa shape index (κ3) is 7.65. The second kappa shape index (κ2) is 11.8. The van der Waals surface area contributed by atoms with Gasteiger partial charge in [0.25, 0.3) is 0 Å². The minimum atomic E-state index is -2.97. The number of rotatable bonds is 13. The first kappa shape index (κ1) is 20.4. The molecular formula is C19H33O3P. The van der Waals surface area contributed by atoms with Gasteiger partial charge in [0.05, 0.1) is 0 Å². The Kier molecular flexibility index (Phi) is 10.5. The van der Waals surface area contributed by atoms with Crippen LogP contribution in [0.4, 0.5) is 0 Å². The number of benzene rings is 1. The van der Waals surface area contributed by atoms with Gasteiger partial charge in [-0.15, -0.1) is 0 Å². The Labute approximate surface area is 142 Å². The average Bonchev–Trinajstić information content (AvgIpc) is 2.56. The second-order valence-electron chi connectivity index (χ2n) is 6.35. The summed E-state index contributed by atoms with van der Waals surface area (Å²) in [5.41, 5.74) is 0.432. The van der Waals surface area contributed by atoms with Crippen LogP contribution in [0.3, 0.4) is 0 Å². The summed E-state index contributed by atoms with van der Waals surface area (Å²) in [6.45, 7) is 4.36. The topological polar surface area (TPSA) is 46.5 Å². The van der Waals surface area contributed by atoms with E-state index in [1.807, 2.05) is 30.3 Å². The molecule has 23 heavy (non-hydrogen) atoms. The van der Waals surface area contributed by atoms with Crippen LogP contribution in [0.2, 0.25) is 0 Å². The van der Waals surface area contributed by atoms with Crippen molar-refractivity contribution in [3.8, 4) is 0 Å². The summed E-state index contributed by atoms with van der Waals surface area (Å²) in [6, 6.07) is 9.99. The zero-order valence-corrected chi connectivity index (χ0v) is 15.7. The van der Waals surface area contributed by atoms with Crippen molar-refractivity contribution in [1.82, 2.24) is 0 Å². The van der Waals surface area contributed by atoms with E-state index in [0.29, 0.717) is 0 Å². The molecule has 1 aromatic rings. The highest BCUT2D eigenvalue weighted by molar-refractivity contribution is 7.32. The van der Waals surface area contributed by atoms with E-state index in [1.54, 1.807) is 0 Å². The molecule has 0 bridgehead atoms. The lowest BCUT2D eigenvalue weighted by Crippen LogP contribution is -2.27. The highest BCUT2D eigenvalue weighted by Crippen LogP contribution is 2.42. The normalized spacial score (nSPS) is 15.3. The maximum atomic E-state index is 11.5. The predicted octanol–water partition coefficient (Wildman–Crippen LogP) is 6.22. The van der Waals surface area contributed by atoms with Gasteiger partial charge >= 0.3 is 8.25 Å². The second-order valence-corrected chi connectivity index (χ2v) is 7.09. The fourth-order valence-corrected chi connectivity index (χ4v) is 3.79. The molecule has 1 rings (SSSR count). The predicted molar refractivity (Wildman–Crippen MR) is 97.9 cm³/mol. The molecule has 1 N–H and O–H groups in total. The summed E-state index contributed by atoms with van der Waals surface area (Å²) in [7, 11) is -2.97. The lowest BCUT2D eigenvalue weighted by Gasteiger charge is -2.33. The molecule has 0 aliphatic rings. The van der Waals surface area contributed by atoms with Crippen molar-refractivity contribution >= 4 is 8.25 Å². The van der Waals surface area contributed by atoms with Crippen LogP contribution >= 0.6 is 8.25 Å². The largest absolute Gasteiger partial charge is 0.326 e. The van der Waals surface area contributed by atoms with Crippen molar-refractivity contribution < 1.29 is 14.0 Å². The maximum absolute atomic E-state index is 11.5. The molecule has 0 radical (unpaired) electrons. The Balaban J connectivity index is 2.78. The maximum Gasteiger partial charge on any atom is 0.317 e. The molecule has 0 amide bonds. The molecule has 2 unspecified atom stereocenters. The Morgan fingerprint density at radius 2 is 1.48 bits per heavy atom. The van der Waals surface area contributed by atoms with Crippen LogP contribution < -0.4 is 0 Å². The van der Waals surface area contributed by atoms with E-state index in [9.17, 15) is 9.46 Å². The Hall–Kier alpha value is -0.630. The van der Waals surface area contributed by atoms with Crippen molar-refractivity contribution in [3.63, 3.8) is 0 Å². The van der Waals surface area contributed by atoms with Gasteiger partial charge in [-0.25, -0.2) is 0 Å². The quantitative estimate of drug-likeness (QED) is 0.342. The first-order chi connectivity index (χ1) is 11.1. The molecule has 4 heteroatoms. The van der Waals surface area contributed by atoms with E-state index in [1.165, 1.54) is 25.7 Å². The highest BCUT2D eigenvalue weighted by atomic mass is 31.1. The molecule has 0 saturated carbocycles. The lowest BCUT2D eigenvalue weighted by molar-refractivity contribution is 0.0385. The van der Waals surface area contributed by atoms with Gasteiger partial charge in [-0.3, -0.25) is 9.09 Å². The first-order valence-corrected chi connectivity index (χ1v) is 10.4. The highest BCUT2D eigenvalue weighted by Gasteiger charge is 2.33. The van der Waals surface area contributed by atoms with Crippen molar-refractivity contribution in [2.24, 2.45) is 0 Å². The van der Waals surface area contributed by atoms with E-state index in [-0.39, 0.29) is 0 Å². The summed E-state index contributed by atoms with van der Waals surface area (Å²) >= 11 is 0. The summed E-state index contributed by atoms with van der Waals surface area (Å²) in [4.78, 5) is 9.45. The van der Waals surface area contributed by atoms with Crippen molar-refractivity contribution in [2.75, 3.05) is 0 Å². The van der Waals surface area contributed by atoms with Gasteiger partial charge < -0.3 is 4.89 Å². The lowest BCUT2D eigenvalue weighted by atomic mass is 9.84. The smallest absolute Gasteiger partial charge is 0.317 e. The number of hydrogen-bond acceptors (Lipinski definition) is 2. The van der Waals surface area contributed by atoms with Gasteiger partial charge in [-0.05, 0) is 18.4 Å². The minimum Gasteiger partial charge on any atom is -0.326 e. The molecule has 0 saturated heterocycles. The zero-order chi connectivity index (χ0) is 17.0. The van der Waals surface area contributed by atoms with Gasteiger partial charge in [0.1, 0.15) is 5.60 Å². The molecule has 0 fully saturated rings. The zero-order valence-electron chi connectivity index (χ0n) is 14.7. The molecule has 0 spiro atoms. The summed E-state index contributed by atoms with van der Waals surface area (Å²) in [5.74, 6) is 0. The van der Waals surface area contributed by atoms with Crippen LogP contribution in [0.15, 0.2) is 30.3 Å². The Morgan fingerprint density at radius 3 is 2.09 bits per heavy atom. The number of hydrogen-bond donors (Lipinski definition) is 1. The molecule has 2 atom stereocenters. The average molecular weight is 340 g/mol. The molecule has 1 aromatic carbocycles. The van der Waals surface area contributed by atoms with Gasteiger partial charge in [-0.1, -0.05) is 95.5 Å². The molecule has 0 aliphatic heterocycles. The molecule has 0 aliphatic carbocycles. The number of unbranched alkanes of at least 4 members (excludes halogenated alkanes) is 6. The fourth-order valence-electron chi connectivity index (χ4n) is 3.14. The van der Waals surface area contributed by atoms with Gasteiger partial charge in [0.2, 0.25) is 0 Å². The van der Waals surface area contributed by atoms with Gasteiger partial charge in [0.15, 0.2) is 0 Å². The van der Waals surface area contributed by atoms with Crippen LogP contribution in [0.1, 0.15) is 83.6 Å². The van der Waals surface area contributed by atoms with Crippen LogP contribution in [0.5, 0.6) is 0 Å². The monoisotopic (exact) mass is 340 g/mol. The van der Waals surface area contributed by atoms with Crippen molar-refractivity contribution in [2.45, 2.75) is 83.7 Å². The van der Waals surface area contributed by atoms with E-state index in [4.69, 9.17) is 4.52 Å². The van der Waals surface area contributed by atoms with Gasteiger partial charge in [-0.2, -0.15) is 0 Å². The van der Waals surface area contributed by atoms with Crippen molar-refractivity contribution in [1.29, 1.82) is 0 Å². The first-order valence-electron chi connectivity index (χ1n) is 9.12. The minimum absolute atomic E-state index is 0.604.